The highest BCUT2D eigenvalue weighted by Crippen LogP contribution is 2.30. The summed E-state index contributed by atoms with van der Waals surface area (Å²) in [5, 5.41) is 3.58. The predicted octanol–water partition coefficient (Wildman–Crippen LogP) is 4.92. The summed E-state index contributed by atoms with van der Waals surface area (Å²) in [5.41, 5.74) is 1.19. The summed E-state index contributed by atoms with van der Waals surface area (Å²) in [6.45, 7) is 4.36. The minimum absolute atomic E-state index is 0.601. The van der Waals surface area contributed by atoms with Gasteiger partial charge in [-0.1, -0.05) is 19.8 Å². The van der Waals surface area contributed by atoms with Crippen molar-refractivity contribution >= 4 is 21.7 Å². The van der Waals surface area contributed by atoms with E-state index in [4.69, 9.17) is 0 Å². The molecule has 0 bridgehead atoms. The van der Waals surface area contributed by atoms with Gasteiger partial charge in [0.1, 0.15) is 5.82 Å². The monoisotopic (exact) mass is 310 g/mol. The van der Waals surface area contributed by atoms with E-state index in [0.29, 0.717) is 6.04 Å². The van der Waals surface area contributed by atoms with E-state index in [1.165, 1.54) is 44.1 Å². The number of aromatic nitrogens is 1. The molecule has 0 aromatic carbocycles. The maximum atomic E-state index is 4.47. The lowest BCUT2D eigenvalue weighted by atomic mass is 9.83. The van der Waals surface area contributed by atoms with Crippen molar-refractivity contribution in [1.82, 2.24) is 4.98 Å². The van der Waals surface area contributed by atoms with Crippen molar-refractivity contribution in [3.63, 3.8) is 0 Å². The SMILES string of the molecule is CCCC1CCC(Nc2ncc(C)cc2Br)CC1. The Labute approximate surface area is 119 Å². The van der Waals surface area contributed by atoms with E-state index in [0.717, 1.165) is 16.2 Å². The maximum absolute atomic E-state index is 4.47. The summed E-state index contributed by atoms with van der Waals surface area (Å²) >= 11 is 3.59. The van der Waals surface area contributed by atoms with Crippen LogP contribution in [0, 0.1) is 12.8 Å². The second kappa shape index (κ2) is 6.55. The van der Waals surface area contributed by atoms with Crippen LogP contribution in [0.2, 0.25) is 0 Å². The highest BCUT2D eigenvalue weighted by molar-refractivity contribution is 9.10. The summed E-state index contributed by atoms with van der Waals surface area (Å²) in [4.78, 5) is 4.47. The van der Waals surface area contributed by atoms with E-state index in [2.05, 4.69) is 46.1 Å². The van der Waals surface area contributed by atoms with E-state index >= 15 is 0 Å². The molecule has 0 radical (unpaired) electrons. The molecule has 3 heteroatoms. The molecule has 0 saturated heterocycles. The third-order valence-electron chi connectivity index (χ3n) is 3.86. The van der Waals surface area contributed by atoms with Crippen LogP contribution in [0.4, 0.5) is 5.82 Å². The fourth-order valence-corrected chi connectivity index (χ4v) is 3.41. The smallest absolute Gasteiger partial charge is 0.140 e. The Kier molecular flexibility index (Phi) is 5.04. The van der Waals surface area contributed by atoms with E-state index in [1.807, 2.05) is 6.20 Å². The first kappa shape index (κ1) is 13.9. The Balaban J connectivity index is 1.87. The molecule has 1 saturated carbocycles. The fourth-order valence-electron chi connectivity index (χ4n) is 2.84. The molecule has 0 unspecified atom stereocenters. The number of hydrogen-bond donors (Lipinski definition) is 1. The number of nitrogens with one attached hydrogen (secondary N) is 1. The second-order valence-electron chi connectivity index (χ2n) is 5.49. The first-order valence-corrected chi connectivity index (χ1v) is 7.87. The standard InChI is InChI=1S/C15H23BrN2/c1-3-4-12-5-7-13(8-6-12)18-15-14(16)9-11(2)10-17-15/h9-10,12-13H,3-8H2,1-2H3,(H,17,18). The average Bonchev–Trinajstić information content (AvgIpc) is 2.35. The molecule has 100 valence electrons. The van der Waals surface area contributed by atoms with E-state index < -0.39 is 0 Å². The lowest BCUT2D eigenvalue weighted by molar-refractivity contribution is 0.318. The Morgan fingerprint density at radius 1 is 1.33 bits per heavy atom. The normalized spacial score (nSPS) is 23.9. The summed E-state index contributed by atoms with van der Waals surface area (Å²) in [7, 11) is 0. The van der Waals surface area contributed by atoms with Gasteiger partial charge in [-0.25, -0.2) is 4.98 Å². The molecule has 18 heavy (non-hydrogen) atoms. The van der Waals surface area contributed by atoms with Crippen molar-refractivity contribution in [1.29, 1.82) is 0 Å². The Morgan fingerprint density at radius 2 is 2.06 bits per heavy atom. The minimum Gasteiger partial charge on any atom is -0.366 e. The molecule has 1 heterocycles. The van der Waals surface area contributed by atoms with Gasteiger partial charge in [-0.2, -0.15) is 0 Å². The van der Waals surface area contributed by atoms with Crippen LogP contribution >= 0.6 is 15.9 Å². The molecule has 1 fully saturated rings. The lowest BCUT2D eigenvalue weighted by Crippen LogP contribution is -2.26. The van der Waals surface area contributed by atoms with Crippen molar-refractivity contribution in [2.24, 2.45) is 5.92 Å². The maximum Gasteiger partial charge on any atom is 0.140 e. The molecule has 1 aliphatic rings. The van der Waals surface area contributed by atoms with Crippen LogP contribution < -0.4 is 5.32 Å². The summed E-state index contributed by atoms with van der Waals surface area (Å²) < 4.78 is 1.08. The molecule has 0 spiro atoms. The highest BCUT2D eigenvalue weighted by atomic mass is 79.9. The number of nitrogens with zero attached hydrogens (tertiary/aromatic N) is 1. The highest BCUT2D eigenvalue weighted by Gasteiger charge is 2.21. The summed E-state index contributed by atoms with van der Waals surface area (Å²) in [6.07, 6.45) is 9.96. The largest absolute Gasteiger partial charge is 0.366 e. The van der Waals surface area contributed by atoms with Gasteiger partial charge in [-0.15, -0.1) is 0 Å². The molecule has 0 amide bonds. The fraction of sp³-hybridized carbons (Fsp3) is 0.667. The third kappa shape index (κ3) is 3.71. The van der Waals surface area contributed by atoms with Crippen molar-refractivity contribution in [3.05, 3.63) is 22.3 Å². The third-order valence-corrected chi connectivity index (χ3v) is 4.47. The molecule has 1 aliphatic carbocycles. The summed E-state index contributed by atoms with van der Waals surface area (Å²) in [6, 6.07) is 2.72. The molecule has 1 aromatic rings. The lowest BCUT2D eigenvalue weighted by Gasteiger charge is -2.29. The Morgan fingerprint density at radius 3 is 2.67 bits per heavy atom. The van der Waals surface area contributed by atoms with Crippen molar-refractivity contribution in [2.45, 2.75) is 58.4 Å². The number of hydrogen-bond acceptors (Lipinski definition) is 2. The number of pyridine rings is 1. The van der Waals surface area contributed by atoms with Crippen LogP contribution in [0.5, 0.6) is 0 Å². The number of rotatable bonds is 4. The van der Waals surface area contributed by atoms with Gasteiger partial charge in [0.15, 0.2) is 0 Å². The van der Waals surface area contributed by atoms with Gasteiger partial charge >= 0.3 is 0 Å². The van der Waals surface area contributed by atoms with Gasteiger partial charge in [-0.3, -0.25) is 0 Å². The number of anilines is 1. The molecule has 1 N–H and O–H groups in total. The van der Waals surface area contributed by atoms with Gasteiger partial charge in [0.05, 0.1) is 4.47 Å². The van der Waals surface area contributed by atoms with Crippen LogP contribution in [-0.2, 0) is 0 Å². The van der Waals surface area contributed by atoms with Crippen molar-refractivity contribution in [3.8, 4) is 0 Å². The topological polar surface area (TPSA) is 24.9 Å². The molecule has 0 aliphatic heterocycles. The zero-order valence-electron chi connectivity index (χ0n) is 11.4. The van der Waals surface area contributed by atoms with Gasteiger partial charge in [0, 0.05) is 12.2 Å². The molecular weight excluding hydrogens is 288 g/mol. The first-order chi connectivity index (χ1) is 8.69. The zero-order valence-corrected chi connectivity index (χ0v) is 13.0. The predicted molar refractivity (Wildman–Crippen MR) is 81.0 cm³/mol. The van der Waals surface area contributed by atoms with Crippen LogP contribution in [0.3, 0.4) is 0 Å². The van der Waals surface area contributed by atoms with Crippen LogP contribution in [0.1, 0.15) is 51.0 Å². The van der Waals surface area contributed by atoms with Crippen LogP contribution in [0.25, 0.3) is 0 Å². The molecule has 2 nitrogen and oxygen atoms in total. The first-order valence-electron chi connectivity index (χ1n) is 7.07. The quantitative estimate of drug-likeness (QED) is 0.853. The molecular formula is C15H23BrN2. The van der Waals surface area contributed by atoms with E-state index in [-0.39, 0.29) is 0 Å². The van der Waals surface area contributed by atoms with Gasteiger partial charge in [0.2, 0.25) is 0 Å². The van der Waals surface area contributed by atoms with Crippen molar-refractivity contribution in [2.75, 3.05) is 5.32 Å². The van der Waals surface area contributed by atoms with Crippen LogP contribution in [0.15, 0.2) is 16.7 Å². The number of aryl methyl sites for hydroxylation is 1. The molecule has 0 atom stereocenters. The van der Waals surface area contributed by atoms with Crippen molar-refractivity contribution < 1.29 is 0 Å². The van der Waals surface area contributed by atoms with Crippen LogP contribution in [-0.4, -0.2) is 11.0 Å². The zero-order chi connectivity index (χ0) is 13.0. The number of halogens is 1. The Hall–Kier alpha value is -0.570. The molecule has 2 rings (SSSR count). The van der Waals surface area contributed by atoms with E-state index in [1.54, 1.807) is 0 Å². The van der Waals surface area contributed by atoms with E-state index in [9.17, 15) is 0 Å². The average molecular weight is 311 g/mol. The minimum atomic E-state index is 0.601. The van der Waals surface area contributed by atoms with Gasteiger partial charge in [0.25, 0.3) is 0 Å². The molecule has 1 aromatic heterocycles. The van der Waals surface area contributed by atoms with Gasteiger partial charge < -0.3 is 5.32 Å². The van der Waals surface area contributed by atoms with Gasteiger partial charge in [-0.05, 0) is 66.1 Å². The second-order valence-corrected chi connectivity index (χ2v) is 6.35. The summed E-state index contributed by atoms with van der Waals surface area (Å²) in [5.74, 6) is 1.96. The Bertz CT molecular complexity index is 384.